The maximum absolute atomic E-state index is 12.0. The lowest BCUT2D eigenvalue weighted by Gasteiger charge is -2.20. The molecule has 10 heteroatoms. The highest BCUT2D eigenvalue weighted by Gasteiger charge is 2.30. The number of rotatable bonds is 5. The molecule has 0 radical (unpaired) electrons. The molecule has 0 spiro atoms. The van der Waals surface area contributed by atoms with Gasteiger partial charge in [0.05, 0.1) is 13.1 Å². The Hall–Kier alpha value is -1.72. The van der Waals surface area contributed by atoms with Crippen LogP contribution < -0.4 is 21.1 Å². The first kappa shape index (κ1) is 23.3. The maximum atomic E-state index is 12.0. The van der Waals surface area contributed by atoms with Crippen molar-refractivity contribution in [3.8, 4) is 5.75 Å². The van der Waals surface area contributed by atoms with Crippen LogP contribution in [0.5, 0.6) is 5.75 Å². The summed E-state index contributed by atoms with van der Waals surface area (Å²) in [6.07, 6.45) is -4.72. The van der Waals surface area contributed by atoms with Crippen LogP contribution in [0.4, 0.5) is 13.2 Å². The zero-order valence-corrected chi connectivity index (χ0v) is 16.4. The quantitative estimate of drug-likeness (QED) is 0.348. The van der Waals surface area contributed by atoms with Gasteiger partial charge in [-0.2, -0.15) is 0 Å². The van der Waals surface area contributed by atoms with E-state index in [9.17, 15) is 18.0 Å². The fourth-order valence-electron chi connectivity index (χ4n) is 1.66. The number of nitrogens with two attached hydrogens (primary N) is 1. The zero-order chi connectivity index (χ0) is 18.4. The first-order valence-corrected chi connectivity index (χ1v) is 7.14. The van der Waals surface area contributed by atoms with E-state index in [0.717, 1.165) is 0 Å². The number of benzene rings is 1. The van der Waals surface area contributed by atoms with Gasteiger partial charge in [-0.25, -0.2) is 4.99 Å². The smallest absolute Gasteiger partial charge is 0.406 e. The molecule has 0 bridgehead atoms. The number of amides is 1. The van der Waals surface area contributed by atoms with Gasteiger partial charge in [-0.15, -0.1) is 37.1 Å². The van der Waals surface area contributed by atoms with Crippen LogP contribution in [0.25, 0.3) is 0 Å². The van der Waals surface area contributed by atoms with E-state index in [1.54, 1.807) is 0 Å². The van der Waals surface area contributed by atoms with Gasteiger partial charge in [-0.1, -0.05) is 12.1 Å². The number of carbonyl (C=O) groups is 1. The fourth-order valence-corrected chi connectivity index (χ4v) is 1.66. The number of hydrogen-bond acceptors (Lipinski definition) is 3. The van der Waals surface area contributed by atoms with E-state index in [2.05, 4.69) is 20.4 Å². The molecule has 1 aromatic carbocycles. The summed E-state index contributed by atoms with van der Waals surface area (Å²) in [6, 6.07) is 5.28. The normalized spacial score (nSPS) is 12.2. The van der Waals surface area contributed by atoms with Gasteiger partial charge in [0, 0.05) is 5.54 Å². The predicted octanol–water partition coefficient (Wildman–Crippen LogP) is 2.52. The summed E-state index contributed by atoms with van der Waals surface area (Å²) < 4.78 is 39.9. The minimum Gasteiger partial charge on any atom is -0.406 e. The Morgan fingerprint density at radius 3 is 2.24 bits per heavy atom. The fraction of sp³-hybridized carbons (Fsp3) is 0.467. The van der Waals surface area contributed by atoms with Crippen molar-refractivity contribution in [2.45, 2.75) is 39.2 Å². The molecule has 0 fully saturated rings. The highest BCUT2D eigenvalue weighted by Crippen LogP contribution is 2.22. The topological polar surface area (TPSA) is 88.7 Å². The van der Waals surface area contributed by atoms with E-state index in [4.69, 9.17) is 5.73 Å². The largest absolute Gasteiger partial charge is 0.573 e. The maximum Gasteiger partial charge on any atom is 0.573 e. The minimum absolute atomic E-state index is 0. The SMILES string of the molecule is CC(C)(C)NC(=O)CNC(N)=NCc1ccc(OC(F)(F)F)cc1.I. The van der Waals surface area contributed by atoms with Crippen molar-refractivity contribution < 1.29 is 22.7 Å². The molecule has 142 valence electrons. The summed E-state index contributed by atoms with van der Waals surface area (Å²) >= 11 is 0. The molecule has 0 unspecified atom stereocenters. The number of carbonyl (C=O) groups excluding carboxylic acids is 1. The standard InChI is InChI=1S/C15H21F3N4O2.HI/c1-14(2,3)22-12(23)9-21-13(19)20-8-10-4-6-11(7-5-10)24-15(16,17)18;/h4-7H,8-9H2,1-3H3,(H,22,23)(H3,19,20,21);1H. The number of alkyl halides is 3. The Morgan fingerprint density at radius 2 is 1.76 bits per heavy atom. The van der Waals surface area contributed by atoms with E-state index in [1.165, 1.54) is 24.3 Å². The highest BCUT2D eigenvalue weighted by atomic mass is 127. The van der Waals surface area contributed by atoms with Crippen LogP contribution in [-0.4, -0.2) is 30.3 Å². The third-order valence-corrected chi connectivity index (χ3v) is 2.53. The van der Waals surface area contributed by atoms with Gasteiger partial charge in [-0.3, -0.25) is 4.79 Å². The number of hydrogen-bond donors (Lipinski definition) is 3. The summed E-state index contributed by atoms with van der Waals surface area (Å²) in [7, 11) is 0. The number of halogens is 4. The van der Waals surface area contributed by atoms with E-state index >= 15 is 0 Å². The lowest BCUT2D eigenvalue weighted by atomic mass is 10.1. The van der Waals surface area contributed by atoms with E-state index in [1.807, 2.05) is 20.8 Å². The molecule has 1 amide bonds. The van der Waals surface area contributed by atoms with Gasteiger partial charge in [-0.05, 0) is 38.5 Å². The first-order chi connectivity index (χ1) is 10.9. The zero-order valence-electron chi connectivity index (χ0n) is 14.1. The average molecular weight is 474 g/mol. The van der Waals surface area contributed by atoms with Crippen LogP contribution in [0.1, 0.15) is 26.3 Å². The van der Waals surface area contributed by atoms with E-state index in [0.29, 0.717) is 5.56 Å². The molecule has 0 saturated heterocycles. The summed E-state index contributed by atoms with van der Waals surface area (Å²) in [5.74, 6) is -0.468. The van der Waals surface area contributed by atoms with Crippen molar-refractivity contribution in [1.82, 2.24) is 10.6 Å². The van der Waals surface area contributed by atoms with Crippen LogP contribution in [0.15, 0.2) is 29.3 Å². The van der Waals surface area contributed by atoms with Crippen molar-refractivity contribution in [2.24, 2.45) is 10.7 Å². The molecular weight excluding hydrogens is 452 g/mol. The Kier molecular flexibility index (Phi) is 9.02. The third kappa shape index (κ3) is 11.5. The summed E-state index contributed by atoms with van der Waals surface area (Å²) in [5.41, 5.74) is 5.94. The highest BCUT2D eigenvalue weighted by molar-refractivity contribution is 14.0. The molecule has 0 aliphatic heterocycles. The molecule has 0 atom stereocenters. The van der Waals surface area contributed by atoms with Crippen molar-refractivity contribution in [1.29, 1.82) is 0 Å². The van der Waals surface area contributed by atoms with Crippen LogP contribution in [0.3, 0.4) is 0 Å². The van der Waals surface area contributed by atoms with Gasteiger partial charge in [0.15, 0.2) is 5.96 Å². The minimum atomic E-state index is -4.72. The molecule has 1 aromatic rings. The molecule has 0 aliphatic rings. The molecule has 1 rings (SSSR count). The van der Waals surface area contributed by atoms with Crippen LogP contribution >= 0.6 is 24.0 Å². The molecular formula is C15H22F3IN4O2. The van der Waals surface area contributed by atoms with Crippen LogP contribution in [-0.2, 0) is 11.3 Å². The second-order valence-corrected chi connectivity index (χ2v) is 6.04. The number of nitrogens with one attached hydrogen (secondary N) is 2. The summed E-state index contributed by atoms with van der Waals surface area (Å²) in [4.78, 5) is 15.6. The number of ether oxygens (including phenoxy) is 1. The molecule has 0 aliphatic carbocycles. The third-order valence-electron chi connectivity index (χ3n) is 2.53. The molecule has 6 nitrogen and oxygen atoms in total. The van der Waals surface area contributed by atoms with Gasteiger partial charge >= 0.3 is 6.36 Å². The summed E-state index contributed by atoms with van der Waals surface area (Å²) in [6.45, 7) is 5.70. The lowest BCUT2D eigenvalue weighted by molar-refractivity contribution is -0.274. The van der Waals surface area contributed by atoms with Crippen molar-refractivity contribution in [3.63, 3.8) is 0 Å². The van der Waals surface area contributed by atoms with Gasteiger partial charge in [0.25, 0.3) is 0 Å². The predicted molar refractivity (Wildman–Crippen MR) is 99.8 cm³/mol. The lowest BCUT2D eigenvalue weighted by Crippen LogP contribution is -2.47. The second kappa shape index (κ2) is 9.68. The summed E-state index contributed by atoms with van der Waals surface area (Å²) in [5, 5.41) is 5.42. The molecule has 0 saturated carbocycles. The first-order valence-electron chi connectivity index (χ1n) is 7.14. The Balaban J connectivity index is 0.00000576. The van der Waals surface area contributed by atoms with Gasteiger partial charge in [0.2, 0.25) is 5.91 Å². The molecule has 25 heavy (non-hydrogen) atoms. The average Bonchev–Trinajstić information content (AvgIpc) is 2.41. The van der Waals surface area contributed by atoms with Crippen LogP contribution in [0, 0.1) is 0 Å². The monoisotopic (exact) mass is 474 g/mol. The van der Waals surface area contributed by atoms with E-state index < -0.39 is 6.36 Å². The number of nitrogens with zero attached hydrogens (tertiary/aromatic N) is 1. The number of guanidine groups is 1. The Morgan fingerprint density at radius 1 is 1.20 bits per heavy atom. The van der Waals surface area contributed by atoms with E-state index in [-0.39, 0.29) is 60.2 Å². The number of aliphatic imine (C=N–C) groups is 1. The molecule has 0 heterocycles. The van der Waals surface area contributed by atoms with Gasteiger partial charge < -0.3 is 21.1 Å². The van der Waals surface area contributed by atoms with Crippen molar-refractivity contribution in [3.05, 3.63) is 29.8 Å². The molecule has 0 aromatic heterocycles. The van der Waals surface area contributed by atoms with Crippen molar-refractivity contribution in [2.75, 3.05) is 6.54 Å². The van der Waals surface area contributed by atoms with Gasteiger partial charge in [0.1, 0.15) is 5.75 Å². The Labute approximate surface area is 161 Å². The molecule has 4 N–H and O–H groups in total. The second-order valence-electron chi connectivity index (χ2n) is 6.04. The van der Waals surface area contributed by atoms with Crippen LogP contribution in [0.2, 0.25) is 0 Å². The Bertz CT molecular complexity index is 584. The van der Waals surface area contributed by atoms with Crippen molar-refractivity contribution >= 4 is 35.8 Å².